The maximum atomic E-state index is 5.64. The minimum atomic E-state index is 0.570. The Morgan fingerprint density at radius 3 is 2.85 bits per heavy atom. The van der Waals surface area contributed by atoms with E-state index in [2.05, 4.69) is 39.7 Å². The van der Waals surface area contributed by atoms with Crippen LogP contribution in [0.4, 0.5) is 0 Å². The van der Waals surface area contributed by atoms with Crippen LogP contribution in [0, 0.1) is 0 Å². The summed E-state index contributed by atoms with van der Waals surface area (Å²) >= 11 is 1.56. The van der Waals surface area contributed by atoms with E-state index in [0.717, 1.165) is 29.0 Å². The molecule has 0 atom stereocenters. The summed E-state index contributed by atoms with van der Waals surface area (Å²) < 4.78 is 7.78. The Bertz CT molecular complexity index is 719. The van der Waals surface area contributed by atoms with Crippen molar-refractivity contribution in [3.05, 3.63) is 36.0 Å². The Hall–Kier alpha value is -1.82. The summed E-state index contributed by atoms with van der Waals surface area (Å²) in [7, 11) is 0. The lowest BCUT2D eigenvalue weighted by Gasteiger charge is -2.04. The zero-order chi connectivity index (χ0) is 13.9. The summed E-state index contributed by atoms with van der Waals surface area (Å²) in [6.45, 7) is 4.73. The van der Waals surface area contributed by atoms with Crippen LogP contribution >= 0.6 is 11.8 Å². The first-order valence-electron chi connectivity index (χ1n) is 6.71. The van der Waals surface area contributed by atoms with Crippen molar-refractivity contribution >= 4 is 22.8 Å². The van der Waals surface area contributed by atoms with Crippen LogP contribution in [0.25, 0.3) is 11.0 Å². The zero-order valence-electron chi connectivity index (χ0n) is 11.5. The molecule has 2 aromatic heterocycles. The van der Waals surface area contributed by atoms with Gasteiger partial charge in [-0.05, 0) is 17.9 Å². The first-order chi connectivity index (χ1) is 9.81. The Morgan fingerprint density at radius 2 is 2.05 bits per heavy atom. The molecular weight excluding hydrogens is 272 g/mol. The third-order valence-corrected chi connectivity index (χ3v) is 3.76. The predicted octanol–water partition coefficient (Wildman–Crippen LogP) is 3.14. The Kier molecular flexibility index (Phi) is 3.73. The van der Waals surface area contributed by atoms with E-state index in [1.54, 1.807) is 11.8 Å². The summed E-state index contributed by atoms with van der Waals surface area (Å²) in [5.74, 6) is 2.59. The maximum Gasteiger partial charge on any atom is 0.276 e. The van der Waals surface area contributed by atoms with Gasteiger partial charge in [-0.2, -0.15) is 0 Å². The summed E-state index contributed by atoms with van der Waals surface area (Å²) in [4.78, 5) is 4.64. The maximum absolute atomic E-state index is 5.64. The molecular formula is C14H16N4OS. The third-order valence-electron chi connectivity index (χ3n) is 3.06. The van der Waals surface area contributed by atoms with Crippen LogP contribution in [0.5, 0.6) is 0 Å². The van der Waals surface area contributed by atoms with Crippen molar-refractivity contribution in [2.75, 3.05) is 5.75 Å². The number of imidazole rings is 1. The van der Waals surface area contributed by atoms with E-state index in [0.29, 0.717) is 17.7 Å². The van der Waals surface area contributed by atoms with E-state index < -0.39 is 0 Å². The van der Waals surface area contributed by atoms with Crippen LogP contribution in [-0.2, 0) is 13.0 Å². The molecule has 0 bridgehead atoms. The standard InChI is InChI=1S/C14H16N4OS/c1-3-12-15-10-7-5-6-8-11(10)18(12)9-13-16-17-14(19-13)20-4-2/h5-8H,3-4,9H2,1-2H3. The monoisotopic (exact) mass is 288 g/mol. The average molecular weight is 288 g/mol. The van der Waals surface area contributed by atoms with Crippen LogP contribution in [0.1, 0.15) is 25.6 Å². The average Bonchev–Trinajstić information content (AvgIpc) is 3.05. The topological polar surface area (TPSA) is 56.7 Å². The minimum absolute atomic E-state index is 0.570. The van der Waals surface area contributed by atoms with Crippen LogP contribution in [0.3, 0.4) is 0 Å². The van der Waals surface area contributed by atoms with Gasteiger partial charge in [0.2, 0.25) is 5.89 Å². The second-order valence-corrected chi connectivity index (χ2v) is 5.57. The van der Waals surface area contributed by atoms with Crippen LogP contribution in [-0.4, -0.2) is 25.5 Å². The lowest BCUT2D eigenvalue weighted by atomic mass is 10.3. The summed E-state index contributed by atoms with van der Waals surface area (Å²) in [5.41, 5.74) is 2.11. The molecule has 0 aliphatic rings. The molecule has 0 unspecified atom stereocenters. The van der Waals surface area contributed by atoms with E-state index in [1.807, 2.05) is 18.2 Å². The number of nitrogens with zero attached hydrogens (tertiary/aromatic N) is 4. The molecule has 0 saturated carbocycles. The van der Waals surface area contributed by atoms with Crippen LogP contribution < -0.4 is 0 Å². The minimum Gasteiger partial charge on any atom is -0.414 e. The molecule has 104 valence electrons. The van der Waals surface area contributed by atoms with Gasteiger partial charge in [-0.15, -0.1) is 10.2 Å². The van der Waals surface area contributed by atoms with E-state index >= 15 is 0 Å². The number of hydrogen-bond acceptors (Lipinski definition) is 5. The van der Waals surface area contributed by atoms with Crippen LogP contribution in [0.15, 0.2) is 33.9 Å². The Balaban J connectivity index is 1.96. The highest BCUT2D eigenvalue weighted by atomic mass is 32.2. The molecule has 3 rings (SSSR count). The van der Waals surface area contributed by atoms with E-state index in [1.165, 1.54) is 0 Å². The van der Waals surface area contributed by atoms with E-state index in [9.17, 15) is 0 Å². The molecule has 2 heterocycles. The molecule has 0 spiro atoms. The SMILES string of the molecule is CCSc1nnc(Cn2c(CC)nc3ccccc32)o1. The lowest BCUT2D eigenvalue weighted by molar-refractivity contribution is 0.404. The fourth-order valence-electron chi connectivity index (χ4n) is 2.19. The molecule has 0 fully saturated rings. The smallest absolute Gasteiger partial charge is 0.276 e. The first kappa shape index (κ1) is 13.2. The molecule has 1 aromatic carbocycles. The van der Waals surface area contributed by atoms with Crippen molar-refractivity contribution in [2.45, 2.75) is 32.0 Å². The molecule has 0 radical (unpaired) electrons. The fraction of sp³-hybridized carbons (Fsp3) is 0.357. The number of rotatable bonds is 5. The van der Waals surface area contributed by atoms with Gasteiger partial charge in [-0.1, -0.05) is 37.7 Å². The van der Waals surface area contributed by atoms with Crippen molar-refractivity contribution in [3.63, 3.8) is 0 Å². The van der Waals surface area contributed by atoms with Gasteiger partial charge in [0.05, 0.1) is 11.0 Å². The first-order valence-corrected chi connectivity index (χ1v) is 7.69. The Morgan fingerprint density at radius 1 is 1.20 bits per heavy atom. The number of hydrogen-bond donors (Lipinski definition) is 0. The largest absolute Gasteiger partial charge is 0.414 e. The lowest BCUT2D eigenvalue weighted by Crippen LogP contribution is -2.04. The van der Waals surface area contributed by atoms with Crippen molar-refractivity contribution in [3.8, 4) is 0 Å². The molecule has 0 amide bonds. The molecule has 0 aliphatic heterocycles. The van der Waals surface area contributed by atoms with Gasteiger partial charge in [0.25, 0.3) is 5.22 Å². The van der Waals surface area contributed by atoms with Gasteiger partial charge >= 0.3 is 0 Å². The zero-order valence-corrected chi connectivity index (χ0v) is 12.4. The van der Waals surface area contributed by atoms with Crippen molar-refractivity contribution in [2.24, 2.45) is 0 Å². The number of thioether (sulfide) groups is 1. The second-order valence-electron chi connectivity index (χ2n) is 4.35. The van der Waals surface area contributed by atoms with Gasteiger partial charge in [0, 0.05) is 6.42 Å². The van der Waals surface area contributed by atoms with E-state index in [4.69, 9.17) is 4.42 Å². The van der Waals surface area contributed by atoms with Crippen molar-refractivity contribution in [1.29, 1.82) is 0 Å². The number of para-hydroxylation sites is 2. The summed E-state index contributed by atoms with van der Waals surface area (Å²) in [5, 5.41) is 8.77. The van der Waals surface area contributed by atoms with Gasteiger partial charge < -0.3 is 8.98 Å². The molecule has 3 aromatic rings. The highest BCUT2D eigenvalue weighted by Gasteiger charge is 2.13. The fourth-order valence-corrected chi connectivity index (χ4v) is 2.69. The highest BCUT2D eigenvalue weighted by Crippen LogP contribution is 2.20. The van der Waals surface area contributed by atoms with Crippen LogP contribution in [0.2, 0.25) is 0 Å². The number of fused-ring (bicyclic) bond motifs is 1. The molecule has 0 saturated heterocycles. The second kappa shape index (κ2) is 5.66. The van der Waals surface area contributed by atoms with Crippen molar-refractivity contribution in [1.82, 2.24) is 19.7 Å². The van der Waals surface area contributed by atoms with Gasteiger partial charge in [0.1, 0.15) is 12.4 Å². The van der Waals surface area contributed by atoms with Gasteiger partial charge in [-0.3, -0.25) is 0 Å². The number of benzene rings is 1. The third kappa shape index (κ3) is 2.43. The highest BCUT2D eigenvalue weighted by molar-refractivity contribution is 7.99. The molecule has 0 N–H and O–H groups in total. The predicted molar refractivity (Wildman–Crippen MR) is 78.9 cm³/mol. The quantitative estimate of drug-likeness (QED) is 0.675. The van der Waals surface area contributed by atoms with Crippen molar-refractivity contribution < 1.29 is 4.42 Å². The molecule has 6 heteroatoms. The molecule has 5 nitrogen and oxygen atoms in total. The van der Waals surface area contributed by atoms with E-state index in [-0.39, 0.29) is 0 Å². The Labute approximate surface area is 121 Å². The number of aromatic nitrogens is 4. The molecule has 20 heavy (non-hydrogen) atoms. The number of aryl methyl sites for hydroxylation is 1. The normalized spacial score (nSPS) is 11.3. The molecule has 0 aliphatic carbocycles. The van der Waals surface area contributed by atoms with Gasteiger partial charge in [0.15, 0.2) is 0 Å². The summed E-state index contributed by atoms with van der Waals surface area (Å²) in [6, 6.07) is 8.12. The summed E-state index contributed by atoms with van der Waals surface area (Å²) in [6.07, 6.45) is 0.874. The van der Waals surface area contributed by atoms with Gasteiger partial charge in [-0.25, -0.2) is 4.98 Å².